The molecule has 1 fully saturated rings. The van der Waals surface area contributed by atoms with Gasteiger partial charge in [-0.2, -0.15) is 5.10 Å². The van der Waals surface area contributed by atoms with Crippen LogP contribution < -0.4 is 5.73 Å². The summed E-state index contributed by atoms with van der Waals surface area (Å²) >= 11 is 6.02. The Morgan fingerprint density at radius 2 is 2.00 bits per heavy atom. The molecule has 0 spiro atoms. The van der Waals surface area contributed by atoms with Crippen LogP contribution in [0.5, 0.6) is 0 Å². The molecule has 1 heterocycles. The Balaban J connectivity index is 1.92. The van der Waals surface area contributed by atoms with Crippen molar-refractivity contribution in [1.29, 1.82) is 0 Å². The predicted octanol–water partition coefficient (Wildman–Crippen LogP) is 4.16. The molecule has 0 saturated heterocycles. The first-order valence-electron chi connectivity index (χ1n) is 6.85. The Morgan fingerprint density at radius 3 is 2.74 bits per heavy atom. The van der Waals surface area contributed by atoms with Crippen molar-refractivity contribution in [3.05, 3.63) is 41.2 Å². The summed E-state index contributed by atoms with van der Waals surface area (Å²) in [4.78, 5) is 0. The monoisotopic (exact) mass is 275 g/mol. The number of halogens is 1. The maximum Gasteiger partial charge on any atom is 0.0889 e. The highest BCUT2D eigenvalue weighted by atomic mass is 35.5. The lowest BCUT2D eigenvalue weighted by molar-refractivity contribution is 0.435. The molecule has 0 unspecified atom stereocenters. The minimum atomic E-state index is 0.522. The van der Waals surface area contributed by atoms with E-state index in [0.29, 0.717) is 10.9 Å². The van der Waals surface area contributed by atoms with E-state index in [2.05, 4.69) is 5.10 Å². The fourth-order valence-electron chi connectivity index (χ4n) is 2.84. The topological polar surface area (TPSA) is 43.8 Å². The molecule has 0 aliphatic heterocycles. The number of nitrogens with zero attached hydrogens (tertiary/aromatic N) is 2. The van der Waals surface area contributed by atoms with Crippen LogP contribution in [-0.4, -0.2) is 9.78 Å². The van der Waals surface area contributed by atoms with E-state index in [1.165, 1.54) is 32.1 Å². The number of nitrogens with two attached hydrogens (primary N) is 1. The van der Waals surface area contributed by atoms with E-state index in [1.807, 2.05) is 35.1 Å². The van der Waals surface area contributed by atoms with Crippen molar-refractivity contribution in [2.45, 2.75) is 38.0 Å². The largest absolute Gasteiger partial charge is 0.396 e. The van der Waals surface area contributed by atoms with Crippen LogP contribution in [0.1, 0.15) is 43.7 Å². The van der Waals surface area contributed by atoms with Crippen LogP contribution in [-0.2, 0) is 0 Å². The molecule has 4 heteroatoms. The van der Waals surface area contributed by atoms with Crippen molar-refractivity contribution < 1.29 is 0 Å². The van der Waals surface area contributed by atoms with Gasteiger partial charge < -0.3 is 5.73 Å². The van der Waals surface area contributed by atoms with E-state index in [1.54, 1.807) is 0 Å². The Morgan fingerprint density at radius 1 is 1.21 bits per heavy atom. The Hall–Kier alpha value is -1.48. The minimum Gasteiger partial charge on any atom is -0.396 e. The second-order valence-electron chi connectivity index (χ2n) is 5.23. The van der Waals surface area contributed by atoms with Gasteiger partial charge in [-0.1, -0.05) is 36.9 Å². The summed E-state index contributed by atoms with van der Waals surface area (Å²) < 4.78 is 1.84. The highest BCUT2D eigenvalue weighted by Gasteiger charge is 2.21. The second kappa shape index (κ2) is 5.25. The molecule has 1 aliphatic rings. The molecule has 3 rings (SSSR count). The number of hydrogen-bond donors (Lipinski definition) is 1. The van der Waals surface area contributed by atoms with Crippen LogP contribution in [0.25, 0.3) is 5.69 Å². The van der Waals surface area contributed by atoms with Crippen LogP contribution in [0.3, 0.4) is 0 Å². The van der Waals surface area contributed by atoms with Gasteiger partial charge in [0.1, 0.15) is 0 Å². The molecule has 100 valence electrons. The zero-order valence-corrected chi connectivity index (χ0v) is 11.6. The standard InChI is InChI=1S/C15H18ClN3/c16-12-7-4-8-13(9-12)19-10-14(17)15(18-19)11-5-2-1-3-6-11/h4,7-11H,1-3,5-6,17H2. The van der Waals surface area contributed by atoms with Gasteiger partial charge in [0.05, 0.1) is 23.3 Å². The number of anilines is 1. The van der Waals surface area contributed by atoms with E-state index in [-0.39, 0.29) is 0 Å². The average Bonchev–Trinajstić information content (AvgIpc) is 2.82. The zero-order valence-electron chi connectivity index (χ0n) is 10.8. The summed E-state index contributed by atoms with van der Waals surface area (Å²) in [6.07, 6.45) is 8.22. The molecule has 1 aromatic carbocycles. The number of nitrogen functional groups attached to an aromatic ring is 1. The second-order valence-corrected chi connectivity index (χ2v) is 5.67. The van der Waals surface area contributed by atoms with Gasteiger partial charge in [-0.05, 0) is 31.0 Å². The summed E-state index contributed by atoms with van der Waals surface area (Å²) in [5.41, 5.74) is 8.94. The maximum atomic E-state index is 6.13. The van der Waals surface area contributed by atoms with Crippen molar-refractivity contribution in [3.63, 3.8) is 0 Å². The molecule has 0 atom stereocenters. The molecule has 2 aromatic rings. The predicted molar refractivity (Wildman–Crippen MR) is 78.8 cm³/mol. The summed E-state index contributed by atoms with van der Waals surface area (Å²) in [6.45, 7) is 0. The quantitative estimate of drug-likeness (QED) is 0.894. The van der Waals surface area contributed by atoms with Crippen molar-refractivity contribution in [2.75, 3.05) is 5.73 Å². The molecule has 0 radical (unpaired) electrons. The first-order valence-corrected chi connectivity index (χ1v) is 7.23. The first kappa shape index (κ1) is 12.5. The lowest BCUT2D eigenvalue weighted by atomic mass is 9.86. The van der Waals surface area contributed by atoms with Crippen molar-refractivity contribution in [3.8, 4) is 5.69 Å². The zero-order chi connectivity index (χ0) is 13.2. The molecule has 0 amide bonds. The Bertz CT molecular complexity index is 571. The SMILES string of the molecule is Nc1cn(-c2cccc(Cl)c2)nc1C1CCCCC1. The van der Waals surface area contributed by atoms with E-state index >= 15 is 0 Å². The van der Waals surface area contributed by atoms with Crippen LogP contribution in [0, 0.1) is 0 Å². The van der Waals surface area contributed by atoms with Gasteiger partial charge in [-0.25, -0.2) is 4.68 Å². The molecule has 1 saturated carbocycles. The van der Waals surface area contributed by atoms with E-state index in [0.717, 1.165) is 17.1 Å². The highest BCUT2D eigenvalue weighted by molar-refractivity contribution is 6.30. The van der Waals surface area contributed by atoms with Gasteiger partial charge in [0.15, 0.2) is 0 Å². The maximum absolute atomic E-state index is 6.13. The van der Waals surface area contributed by atoms with Gasteiger partial charge in [-0.15, -0.1) is 0 Å². The molecule has 1 aliphatic carbocycles. The van der Waals surface area contributed by atoms with Crippen LogP contribution in [0.2, 0.25) is 5.02 Å². The molecular formula is C15H18ClN3. The summed E-state index contributed by atoms with van der Waals surface area (Å²) in [6, 6.07) is 7.68. The molecule has 2 N–H and O–H groups in total. The Kier molecular flexibility index (Phi) is 3.47. The number of hydrogen-bond acceptors (Lipinski definition) is 2. The van der Waals surface area contributed by atoms with Crippen molar-refractivity contribution >= 4 is 17.3 Å². The summed E-state index contributed by atoms with van der Waals surface area (Å²) in [5, 5.41) is 5.39. The number of benzene rings is 1. The van der Waals surface area contributed by atoms with Crippen molar-refractivity contribution in [1.82, 2.24) is 9.78 Å². The average molecular weight is 276 g/mol. The molecule has 1 aromatic heterocycles. The van der Waals surface area contributed by atoms with Gasteiger partial charge in [-0.3, -0.25) is 0 Å². The number of rotatable bonds is 2. The number of aromatic nitrogens is 2. The minimum absolute atomic E-state index is 0.522. The van der Waals surface area contributed by atoms with E-state index < -0.39 is 0 Å². The third kappa shape index (κ3) is 2.61. The van der Waals surface area contributed by atoms with Gasteiger partial charge in [0.2, 0.25) is 0 Å². The molecule has 0 bridgehead atoms. The van der Waals surface area contributed by atoms with Crippen LogP contribution in [0.4, 0.5) is 5.69 Å². The smallest absolute Gasteiger partial charge is 0.0889 e. The first-order chi connectivity index (χ1) is 9.24. The normalized spacial score (nSPS) is 16.7. The third-order valence-corrected chi connectivity index (χ3v) is 4.07. The van der Waals surface area contributed by atoms with Gasteiger partial charge in [0.25, 0.3) is 0 Å². The van der Waals surface area contributed by atoms with Gasteiger partial charge in [0, 0.05) is 10.9 Å². The van der Waals surface area contributed by atoms with Gasteiger partial charge >= 0.3 is 0 Å². The van der Waals surface area contributed by atoms with Crippen LogP contribution >= 0.6 is 11.6 Å². The molecule has 3 nitrogen and oxygen atoms in total. The van der Waals surface area contributed by atoms with Crippen LogP contribution in [0.15, 0.2) is 30.5 Å². The highest BCUT2D eigenvalue weighted by Crippen LogP contribution is 2.34. The van der Waals surface area contributed by atoms with E-state index in [9.17, 15) is 0 Å². The summed E-state index contributed by atoms with van der Waals surface area (Å²) in [5.74, 6) is 0.522. The summed E-state index contributed by atoms with van der Waals surface area (Å²) in [7, 11) is 0. The van der Waals surface area contributed by atoms with Crippen molar-refractivity contribution in [2.24, 2.45) is 0 Å². The fraction of sp³-hybridized carbons (Fsp3) is 0.400. The lowest BCUT2D eigenvalue weighted by Gasteiger charge is -2.20. The fourth-order valence-corrected chi connectivity index (χ4v) is 3.03. The molecular weight excluding hydrogens is 258 g/mol. The Labute approximate surface area is 118 Å². The third-order valence-electron chi connectivity index (χ3n) is 3.84. The lowest BCUT2D eigenvalue weighted by Crippen LogP contribution is -2.07. The van der Waals surface area contributed by atoms with E-state index in [4.69, 9.17) is 17.3 Å². The molecule has 19 heavy (non-hydrogen) atoms.